The number of thiazole rings is 1. The SMILES string of the molecule is CCCN(ON)S(=O)(=O)c1sc(NC(C)=O)nc1C. The van der Waals surface area contributed by atoms with Gasteiger partial charge in [-0.2, -0.15) is 10.8 Å². The van der Waals surface area contributed by atoms with Gasteiger partial charge in [0.1, 0.15) is 0 Å². The molecule has 10 heteroatoms. The summed E-state index contributed by atoms with van der Waals surface area (Å²) in [6, 6.07) is 0. The summed E-state index contributed by atoms with van der Waals surface area (Å²) in [5.74, 6) is 4.66. The van der Waals surface area contributed by atoms with Crippen LogP contribution >= 0.6 is 11.3 Å². The number of amides is 1. The van der Waals surface area contributed by atoms with Gasteiger partial charge in [-0.15, -0.1) is 0 Å². The molecule has 1 rings (SSSR count). The zero-order valence-corrected chi connectivity index (χ0v) is 12.5. The lowest BCUT2D eigenvalue weighted by atomic mass is 10.5. The number of hydrogen-bond acceptors (Lipinski definition) is 7. The first kappa shape index (κ1) is 16.0. The molecule has 0 aromatic carbocycles. The Balaban J connectivity index is 3.13. The average Bonchev–Trinajstić information content (AvgIpc) is 2.66. The Kier molecular flexibility index (Phi) is 5.38. The number of nitrogens with zero attached hydrogens (tertiary/aromatic N) is 2. The van der Waals surface area contributed by atoms with E-state index in [-0.39, 0.29) is 27.5 Å². The van der Waals surface area contributed by atoms with Crippen molar-refractivity contribution in [3.05, 3.63) is 5.69 Å². The van der Waals surface area contributed by atoms with Crippen molar-refractivity contribution in [2.24, 2.45) is 5.90 Å². The minimum atomic E-state index is -3.87. The van der Waals surface area contributed by atoms with Crippen molar-refractivity contribution in [1.82, 2.24) is 9.45 Å². The van der Waals surface area contributed by atoms with Crippen LogP contribution in [0.25, 0.3) is 0 Å². The van der Waals surface area contributed by atoms with E-state index < -0.39 is 10.0 Å². The second kappa shape index (κ2) is 6.39. The van der Waals surface area contributed by atoms with Gasteiger partial charge in [0.15, 0.2) is 9.34 Å². The molecule has 0 unspecified atom stereocenters. The Labute approximate surface area is 115 Å². The second-order valence-corrected chi connectivity index (χ2v) is 6.73. The first-order valence-corrected chi connectivity index (χ1v) is 7.73. The normalized spacial score (nSPS) is 11.8. The maximum absolute atomic E-state index is 12.3. The third kappa shape index (κ3) is 3.70. The van der Waals surface area contributed by atoms with Crippen LogP contribution in [-0.2, 0) is 19.8 Å². The van der Waals surface area contributed by atoms with E-state index in [9.17, 15) is 13.2 Å². The van der Waals surface area contributed by atoms with E-state index in [1.54, 1.807) is 6.92 Å². The molecule has 0 fully saturated rings. The average molecular weight is 308 g/mol. The summed E-state index contributed by atoms with van der Waals surface area (Å²) in [6.45, 7) is 4.78. The first-order chi connectivity index (χ1) is 8.82. The van der Waals surface area contributed by atoms with Crippen molar-refractivity contribution < 1.29 is 18.2 Å². The topological polar surface area (TPSA) is 115 Å². The minimum absolute atomic E-state index is 0.00449. The van der Waals surface area contributed by atoms with E-state index in [0.29, 0.717) is 10.9 Å². The van der Waals surface area contributed by atoms with Crippen molar-refractivity contribution in [2.45, 2.75) is 31.4 Å². The summed E-state index contributed by atoms with van der Waals surface area (Å²) in [5.41, 5.74) is 0.284. The number of rotatable bonds is 6. The maximum atomic E-state index is 12.3. The molecule has 19 heavy (non-hydrogen) atoms. The van der Waals surface area contributed by atoms with Crippen LogP contribution in [0, 0.1) is 6.92 Å². The highest BCUT2D eigenvalue weighted by molar-refractivity contribution is 7.91. The molecule has 0 aliphatic heterocycles. The number of aromatic nitrogens is 1. The fourth-order valence-electron chi connectivity index (χ4n) is 1.33. The quantitative estimate of drug-likeness (QED) is 0.744. The van der Waals surface area contributed by atoms with Gasteiger partial charge in [-0.25, -0.2) is 13.4 Å². The highest BCUT2D eigenvalue weighted by Crippen LogP contribution is 2.29. The number of carbonyl (C=O) groups excluding carboxylic acids is 1. The Morgan fingerprint density at radius 3 is 2.68 bits per heavy atom. The predicted molar refractivity (Wildman–Crippen MR) is 70.6 cm³/mol. The monoisotopic (exact) mass is 308 g/mol. The number of hydroxylamine groups is 1. The molecule has 3 N–H and O–H groups in total. The standard InChI is InChI=1S/C9H16N4O4S2/c1-4-5-13(17-10)19(15,16)8-6(2)11-9(18-8)12-7(3)14/h4-5,10H2,1-3H3,(H,11,12,14). The van der Waals surface area contributed by atoms with Crippen molar-refractivity contribution in [1.29, 1.82) is 0 Å². The van der Waals surface area contributed by atoms with Crippen LogP contribution in [-0.4, -0.2) is 30.3 Å². The van der Waals surface area contributed by atoms with Crippen LogP contribution in [0.1, 0.15) is 26.0 Å². The molecule has 108 valence electrons. The van der Waals surface area contributed by atoms with Gasteiger partial charge < -0.3 is 5.32 Å². The van der Waals surface area contributed by atoms with Gasteiger partial charge >= 0.3 is 0 Å². The van der Waals surface area contributed by atoms with E-state index >= 15 is 0 Å². The molecule has 1 aromatic rings. The molecule has 0 spiro atoms. The van der Waals surface area contributed by atoms with E-state index in [2.05, 4.69) is 15.2 Å². The van der Waals surface area contributed by atoms with Crippen LogP contribution in [0.3, 0.4) is 0 Å². The van der Waals surface area contributed by atoms with Crippen molar-refractivity contribution in [3.63, 3.8) is 0 Å². The smallest absolute Gasteiger partial charge is 0.278 e. The number of hydrogen-bond donors (Lipinski definition) is 2. The van der Waals surface area contributed by atoms with Crippen molar-refractivity contribution >= 4 is 32.4 Å². The summed E-state index contributed by atoms with van der Waals surface area (Å²) in [6.07, 6.45) is 0.548. The maximum Gasteiger partial charge on any atom is 0.278 e. The Bertz CT molecular complexity index is 555. The molecule has 0 saturated carbocycles. The van der Waals surface area contributed by atoms with E-state index in [0.717, 1.165) is 11.3 Å². The van der Waals surface area contributed by atoms with Gasteiger partial charge in [0.25, 0.3) is 10.0 Å². The number of sulfonamides is 1. The summed E-state index contributed by atoms with van der Waals surface area (Å²) >= 11 is 0.856. The van der Waals surface area contributed by atoms with E-state index in [4.69, 9.17) is 5.90 Å². The Morgan fingerprint density at radius 1 is 1.58 bits per heavy atom. The second-order valence-electron chi connectivity index (χ2n) is 3.71. The van der Waals surface area contributed by atoms with Gasteiger partial charge in [0, 0.05) is 13.5 Å². The lowest BCUT2D eigenvalue weighted by molar-refractivity contribution is -0.114. The summed E-state index contributed by atoms with van der Waals surface area (Å²) < 4.78 is 25.2. The van der Waals surface area contributed by atoms with Gasteiger partial charge in [-0.1, -0.05) is 22.7 Å². The third-order valence-electron chi connectivity index (χ3n) is 2.06. The van der Waals surface area contributed by atoms with Crippen LogP contribution in [0.2, 0.25) is 0 Å². The third-order valence-corrected chi connectivity index (χ3v) is 5.38. The molecule has 1 amide bonds. The molecule has 1 heterocycles. The zero-order chi connectivity index (χ0) is 14.6. The number of anilines is 1. The number of carbonyl (C=O) groups is 1. The van der Waals surface area contributed by atoms with Crippen molar-refractivity contribution in [3.8, 4) is 0 Å². The molecule has 0 saturated heterocycles. The zero-order valence-electron chi connectivity index (χ0n) is 10.8. The predicted octanol–water partition coefficient (Wildman–Crippen LogP) is 0.616. The molecule has 0 aliphatic rings. The minimum Gasteiger partial charge on any atom is -0.302 e. The lowest BCUT2D eigenvalue weighted by Crippen LogP contribution is -2.34. The Hall–Kier alpha value is -1.07. The fraction of sp³-hybridized carbons (Fsp3) is 0.556. The molecule has 8 nitrogen and oxygen atoms in total. The summed E-state index contributed by atoms with van der Waals surface area (Å²) in [5, 5.41) is 2.66. The number of nitrogens with one attached hydrogen (secondary N) is 1. The number of nitrogens with two attached hydrogens (primary N) is 1. The highest BCUT2D eigenvalue weighted by Gasteiger charge is 2.29. The molecular weight excluding hydrogens is 292 g/mol. The highest BCUT2D eigenvalue weighted by atomic mass is 32.2. The van der Waals surface area contributed by atoms with Gasteiger partial charge in [-0.05, 0) is 13.3 Å². The first-order valence-electron chi connectivity index (χ1n) is 5.47. The lowest BCUT2D eigenvalue weighted by Gasteiger charge is -2.16. The molecular formula is C9H16N4O4S2. The van der Waals surface area contributed by atoms with Crippen LogP contribution < -0.4 is 11.2 Å². The van der Waals surface area contributed by atoms with Gasteiger partial charge in [-0.3, -0.25) is 4.79 Å². The van der Waals surface area contributed by atoms with Gasteiger partial charge in [0.05, 0.1) is 5.69 Å². The van der Waals surface area contributed by atoms with Crippen molar-refractivity contribution in [2.75, 3.05) is 11.9 Å². The Morgan fingerprint density at radius 2 is 2.21 bits per heavy atom. The van der Waals surface area contributed by atoms with Crippen LogP contribution in [0.15, 0.2) is 4.21 Å². The summed E-state index contributed by atoms with van der Waals surface area (Å²) in [7, 11) is -3.87. The summed E-state index contributed by atoms with van der Waals surface area (Å²) in [4.78, 5) is 19.3. The van der Waals surface area contributed by atoms with E-state index in [1.165, 1.54) is 13.8 Å². The van der Waals surface area contributed by atoms with Crippen LogP contribution in [0.4, 0.5) is 5.13 Å². The number of aryl methyl sites for hydroxylation is 1. The molecule has 1 aromatic heterocycles. The fourth-order valence-corrected chi connectivity index (χ4v) is 4.12. The molecule has 0 aliphatic carbocycles. The molecule has 0 bridgehead atoms. The molecule has 0 atom stereocenters. The van der Waals surface area contributed by atoms with Gasteiger partial charge in [0.2, 0.25) is 5.91 Å². The van der Waals surface area contributed by atoms with E-state index in [1.807, 2.05) is 0 Å². The van der Waals surface area contributed by atoms with Crippen LogP contribution in [0.5, 0.6) is 0 Å². The molecule has 0 radical (unpaired) electrons. The largest absolute Gasteiger partial charge is 0.302 e.